The number of hydrogen-bond donors (Lipinski definition) is 1. The van der Waals surface area contributed by atoms with Crippen LogP contribution in [0.25, 0.3) is 0 Å². The smallest absolute Gasteiger partial charge is 0.332 e. The predicted octanol–water partition coefficient (Wildman–Crippen LogP) is 3.10. The van der Waals surface area contributed by atoms with E-state index in [1.807, 2.05) is 13.8 Å². The Morgan fingerprint density at radius 2 is 2.00 bits per heavy atom. The van der Waals surface area contributed by atoms with Gasteiger partial charge in [0.25, 0.3) is 0 Å². The molecule has 0 aliphatic carbocycles. The number of carbonyl (C=O) groups excluding carboxylic acids is 1. The number of halogens is 3. The van der Waals surface area contributed by atoms with Gasteiger partial charge in [0.05, 0.1) is 11.6 Å². The minimum Gasteiger partial charge on any atom is -0.332 e. The number of hydrogen-bond acceptors (Lipinski definition) is 2. The first-order valence-corrected chi connectivity index (χ1v) is 6.95. The van der Waals surface area contributed by atoms with Crippen molar-refractivity contribution in [1.29, 1.82) is 0 Å². The second-order valence-electron chi connectivity index (χ2n) is 5.67. The van der Waals surface area contributed by atoms with Crippen molar-refractivity contribution in [2.45, 2.75) is 51.0 Å². The summed E-state index contributed by atoms with van der Waals surface area (Å²) in [5, 5.41) is 0. The number of alkyl halides is 3. The zero-order valence-electron chi connectivity index (χ0n) is 12.0. The van der Waals surface area contributed by atoms with Crippen LogP contribution in [-0.2, 0) is 11.0 Å². The molecule has 21 heavy (non-hydrogen) atoms. The van der Waals surface area contributed by atoms with Gasteiger partial charge in [-0.3, -0.25) is 4.79 Å². The molecule has 1 fully saturated rings. The number of piperidine rings is 1. The zero-order valence-corrected chi connectivity index (χ0v) is 12.0. The van der Waals surface area contributed by atoms with E-state index in [9.17, 15) is 18.0 Å². The second kappa shape index (κ2) is 5.67. The van der Waals surface area contributed by atoms with Crippen molar-refractivity contribution in [2.75, 3.05) is 0 Å². The maximum atomic E-state index is 12.9. The molecule has 116 valence electrons. The molecule has 2 N–H and O–H groups in total. The van der Waals surface area contributed by atoms with Crippen LogP contribution in [0.5, 0.6) is 0 Å². The Balaban J connectivity index is 2.44. The van der Waals surface area contributed by atoms with Gasteiger partial charge in [-0.05, 0) is 38.0 Å². The maximum absolute atomic E-state index is 12.9. The average molecular weight is 300 g/mol. The van der Waals surface area contributed by atoms with Crippen LogP contribution in [0.1, 0.15) is 43.9 Å². The summed E-state index contributed by atoms with van der Waals surface area (Å²) in [6.07, 6.45) is -3.57. The lowest BCUT2D eigenvalue weighted by Gasteiger charge is -2.42. The lowest BCUT2D eigenvalue weighted by molar-refractivity contribution is -0.139. The molecule has 2 atom stereocenters. The van der Waals surface area contributed by atoms with Crippen molar-refractivity contribution in [3.8, 4) is 0 Å². The summed E-state index contributed by atoms with van der Waals surface area (Å²) in [6, 6.07) is 4.12. The molecule has 1 aromatic rings. The van der Waals surface area contributed by atoms with E-state index in [1.165, 1.54) is 6.07 Å². The second-order valence-corrected chi connectivity index (χ2v) is 5.67. The average Bonchev–Trinajstić information content (AvgIpc) is 2.40. The van der Waals surface area contributed by atoms with Crippen LogP contribution in [0.4, 0.5) is 13.2 Å². The highest BCUT2D eigenvalue weighted by Gasteiger charge is 2.38. The Hall–Kier alpha value is -1.56. The lowest BCUT2D eigenvalue weighted by Crippen LogP contribution is -2.51. The van der Waals surface area contributed by atoms with Crippen LogP contribution in [-0.4, -0.2) is 22.9 Å². The number of nitrogens with two attached hydrogens (primary N) is 1. The summed E-state index contributed by atoms with van der Waals surface area (Å²) in [5.74, 6) is -0.0610. The Kier molecular flexibility index (Phi) is 4.27. The summed E-state index contributed by atoms with van der Waals surface area (Å²) in [4.78, 5) is 13.7. The van der Waals surface area contributed by atoms with Crippen molar-refractivity contribution in [1.82, 2.24) is 4.90 Å². The summed E-state index contributed by atoms with van der Waals surface area (Å²) in [6.45, 7) is 3.69. The normalized spacial score (nSPS) is 23.8. The standard InChI is InChI=1S/C15H19F3N2O/c1-9(2)20-13(21)7-6-12(19)14(20)10-4-3-5-11(8-10)15(16,17)18/h3-5,8-9,12,14H,6-7,19H2,1-2H3. The quantitative estimate of drug-likeness (QED) is 0.912. The molecule has 1 aliphatic rings. The molecule has 1 saturated heterocycles. The number of nitrogens with zero attached hydrogens (tertiary/aromatic N) is 1. The maximum Gasteiger partial charge on any atom is 0.416 e. The molecular formula is C15H19F3N2O. The van der Waals surface area contributed by atoms with Gasteiger partial charge in [0, 0.05) is 18.5 Å². The Morgan fingerprint density at radius 3 is 2.57 bits per heavy atom. The number of amides is 1. The molecule has 1 amide bonds. The van der Waals surface area contributed by atoms with E-state index in [-0.39, 0.29) is 18.0 Å². The van der Waals surface area contributed by atoms with Crippen LogP contribution in [0.15, 0.2) is 24.3 Å². The molecule has 0 aromatic heterocycles. The highest BCUT2D eigenvalue weighted by atomic mass is 19.4. The zero-order chi connectivity index (χ0) is 15.8. The van der Waals surface area contributed by atoms with Gasteiger partial charge in [-0.1, -0.05) is 12.1 Å². The predicted molar refractivity (Wildman–Crippen MR) is 73.4 cm³/mol. The molecule has 2 unspecified atom stereocenters. The van der Waals surface area contributed by atoms with Crippen LogP contribution in [0.3, 0.4) is 0 Å². The summed E-state index contributed by atoms with van der Waals surface area (Å²) in [5.41, 5.74) is 5.82. The summed E-state index contributed by atoms with van der Waals surface area (Å²) >= 11 is 0. The van der Waals surface area contributed by atoms with Gasteiger partial charge < -0.3 is 10.6 Å². The van der Waals surface area contributed by atoms with E-state index in [2.05, 4.69) is 0 Å². The number of rotatable bonds is 2. The van der Waals surface area contributed by atoms with Crippen LogP contribution in [0, 0.1) is 0 Å². The number of carbonyl (C=O) groups is 1. The van der Waals surface area contributed by atoms with Gasteiger partial charge in [0.15, 0.2) is 0 Å². The number of benzene rings is 1. The third-order valence-electron chi connectivity index (χ3n) is 3.80. The van der Waals surface area contributed by atoms with Gasteiger partial charge in [-0.15, -0.1) is 0 Å². The minimum absolute atomic E-state index is 0.0610. The number of likely N-dealkylation sites (tertiary alicyclic amines) is 1. The van der Waals surface area contributed by atoms with Gasteiger partial charge in [0.2, 0.25) is 5.91 Å². The topological polar surface area (TPSA) is 46.3 Å². The van der Waals surface area contributed by atoms with Gasteiger partial charge in [-0.2, -0.15) is 13.2 Å². The first-order chi connectivity index (χ1) is 9.71. The Labute approximate surface area is 121 Å². The first-order valence-electron chi connectivity index (χ1n) is 6.95. The van der Waals surface area contributed by atoms with Gasteiger partial charge in [-0.25, -0.2) is 0 Å². The van der Waals surface area contributed by atoms with Crippen LogP contribution >= 0.6 is 0 Å². The summed E-state index contributed by atoms with van der Waals surface area (Å²) < 4.78 is 38.6. The molecule has 1 aliphatic heterocycles. The Bertz CT molecular complexity index is 528. The fourth-order valence-corrected chi connectivity index (χ4v) is 2.85. The molecule has 0 radical (unpaired) electrons. The van der Waals surface area contributed by atoms with E-state index in [4.69, 9.17) is 5.73 Å². The molecule has 1 aromatic carbocycles. The molecular weight excluding hydrogens is 281 g/mol. The van der Waals surface area contributed by atoms with Crippen molar-refractivity contribution >= 4 is 5.91 Å². The van der Waals surface area contributed by atoms with E-state index < -0.39 is 17.8 Å². The van der Waals surface area contributed by atoms with Gasteiger partial charge >= 0.3 is 6.18 Å². The van der Waals surface area contributed by atoms with E-state index in [0.717, 1.165) is 12.1 Å². The van der Waals surface area contributed by atoms with Gasteiger partial charge in [0.1, 0.15) is 0 Å². The third-order valence-corrected chi connectivity index (χ3v) is 3.80. The SMILES string of the molecule is CC(C)N1C(=O)CCC(N)C1c1cccc(C(F)(F)F)c1. The highest BCUT2D eigenvalue weighted by Crippen LogP contribution is 2.36. The monoisotopic (exact) mass is 300 g/mol. The molecule has 0 bridgehead atoms. The molecule has 0 saturated carbocycles. The minimum atomic E-state index is -4.40. The van der Waals surface area contributed by atoms with Crippen molar-refractivity contribution in [3.63, 3.8) is 0 Å². The van der Waals surface area contributed by atoms with Crippen molar-refractivity contribution in [3.05, 3.63) is 35.4 Å². The summed E-state index contributed by atoms with van der Waals surface area (Å²) in [7, 11) is 0. The third kappa shape index (κ3) is 3.20. The Morgan fingerprint density at radius 1 is 1.33 bits per heavy atom. The molecule has 1 heterocycles. The molecule has 6 heteroatoms. The lowest BCUT2D eigenvalue weighted by atomic mass is 9.88. The van der Waals surface area contributed by atoms with Crippen LogP contribution in [0.2, 0.25) is 0 Å². The van der Waals surface area contributed by atoms with Crippen molar-refractivity contribution < 1.29 is 18.0 Å². The van der Waals surface area contributed by atoms with E-state index in [0.29, 0.717) is 18.4 Å². The van der Waals surface area contributed by atoms with Crippen molar-refractivity contribution in [2.24, 2.45) is 5.73 Å². The largest absolute Gasteiger partial charge is 0.416 e. The molecule has 2 rings (SSSR count). The molecule has 3 nitrogen and oxygen atoms in total. The first kappa shape index (κ1) is 15.8. The fraction of sp³-hybridized carbons (Fsp3) is 0.533. The molecule has 0 spiro atoms. The van der Waals surface area contributed by atoms with E-state index in [1.54, 1.807) is 11.0 Å². The fourth-order valence-electron chi connectivity index (χ4n) is 2.85. The van der Waals surface area contributed by atoms with Crippen LogP contribution < -0.4 is 5.73 Å². The highest BCUT2D eigenvalue weighted by molar-refractivity contribution is 5.78. The van der Waals surface area contributed by atoms with E-state index >= 15 is 0 Å².